The molecule has 0 bridgehead atoms. The Balaban J connectivity index is 1.45. The Labute approximate surface area is 222 Å². The third-order valence-electron chi connectivity index (χ3n) is 10.9. The quantitative estimate of drug-likeness (QED) is 0.345. The van der Waals surface area contributed by atoms with E-state index in [1.54, 1.807) is 0 Å². The summed E-state index contributed by atoms with van der Waals surface area (Å²) in [7, 11) is 0. The molecule has 1 N–H and O–H groups in total. The summed E-state index contributed by atoms with van der Waals surface area (Å²) in [6.45, 7) is 12.3. The molecule has 0 radical (unpaired) electrons. The van der Waals surface area contributed by atoms with Crippen molar-refractivity contribution in [1.82, 2.24) is 5.32 Å². The van der Waals surface area contributed by atoms with Crippen LogP contribution in [-0.2, 0) is 23.9 Å². The predicted molar refractivity (Wildman–Crippen MR) is 142 cm³/mol. The zero-order valence-corrected chi connectivity index (χ0v) is 23.7. The molecular weight excluding hydrogens is 466 g/mol. The van der Waals surface area contributed by atoms with Gasteiger partial charge in [0, 0.05) is 51.5 Å². The van der Waals surface area contributed by atoms with Crippen molar-refractivity contribution >= 4 is 23.4 Å². The van der Waals surface area contributed by atoms with Crippen LogP contribution in [-0.4, -0.2) is 36.1 Å². The number of fused-ring (bicyclic) bond motifs is 5. The molecule has 0 aromatic heterocycles. The van der Waals surface area contributed by atoms with Crippen molar-refractivity contribution in [3.63, 3.8) is 0 Å². The smallest absolute Gasteiger partial charge is 0.302 e. The Hall–Kier alpha value is -1.98. The molecule has 9 atom stereocenters. The summed E-state index contributed by atoms with van der Waals surface area (Å²) >= 11 is 0. The molecule has 6 nitrogen and oxygen atoms in total. The molecule has 37 heavy (non-hydrogen) atoms. The molecule has 3 fully saturated rings. The highest BCUT2D eigenvalue weighted by molar-refractivity contribution is 5.92. The van der Waals surface area contributed by atoms with Crippen LogP contribution >= 0.6 is 0 Å². The predicted octanol–water partition coefficient (Wildman–Crippen LogP) is 5.43. The number of Topliss-reactive ketones (excluding diaryl/α,β-unsaturated/α-hetero) is 2. The lowest BCUT2D eigenvalue weighted by Gasteiger charge is -2.58. The Morgan fingerprint density at radius 3 is 2.49 bits per heavy atom. The lowest BCUT2D eigenvalue weighted by molar-refractivity contribution is -0.148. The van der Waals surface area contributed by atoms with Gasteiger partial charge in [0.1, 0.15) is 17.7 Å². The maximum absolute atomic E-state index is 13.5. The second kappa shape index (κ2) is 10.6. The molecule has 0 saturated heterocycles. The fourth-order valence-electron chi connectivity index (χ4n) is 8.86. The SMILES string of the molecule is CC(=O)NCC(C)CCC(=O)[C@@H](C)[C@H]1C(=O)CC2C3CC=C4CC(OC(C)=O)CC[C@]4(C)C3CC[C@@]21C. The first-order chi connectivity index (χ1) is 17.4. The summed E-state index contributed by atoms with van der Waals surface area (Å²) in [5.74, 6) is 1.40. The van der Waals surface area contributed by atoms with Gasteiger partial charge in [0.25, 0.3) is 0 Å². The molecule has 206 valence electrons. The van der Waals surface area contributed by atoms with E-state index in [0.29, 0.717) is 42.9 Å². The molecular formula is C31H47NO5. The minimum absolute atomic E-state index is 0.00695. The summed E-state index contributed by atoms with van der Waals surface area (Å²) in [5.41, 5.74) is 1.45. The minimum atomic E-state index is -0.253. The number of esters is 1. The fourth-order valence-corrected chi connectivity index (χ4v) is 8.86. The third kappa shape index (κ3) is 5.31. The van der Waals surface area contributed by atoms with Gasteiger partial charge in [-0.2, -0.15) is 0 Å². The van der Waals surface area contributed by atoms with Crippen LogP contribution in [0, 0.1) is 46.3 Å². The largest absolute Gasteiger partial charge is 0.462 e. The zero-order valence-electron chi connectivity index (χ0n) is 23.7. The van der Waals surface area contributed by atoms with Crippen molar-refractivity contribution in [3.05, 3.63) is 11.6 Å². The Kier molecular flexibility index (Phi) is 8.07. The van der Waals surface area contributed by atoms with E-state index in [4.69, 9.17) is 4.74 Å². The van der Waals surface area contributed by atoms with Crippen LogP contribution in [0.4, 0.5) is 0 Å². The Morgan fingerprint density at radius 1 is 1.08 bits per heavy atom. The number of rotatable bonds is 8. The lowest BCUT2D eigenvalue weighted by Crippen LogP contribution is -2.51. The van der Waals surface area contributed by atoms with Gasteiger partial charge in [-0.1, -0.05) is 39.3 Å². The van der Waals surface area contributed by atoms with Gasteiger partial charge in [0.2, 0.25) is 5.91 Å². The van der Waals surface area contributed by atoms with E-state index >= 15 is 0 Å². The molecule has 0 aromatic rings. The van der Waals surface area contributed by atoms with E-state index in [1.807, 2.05) is 6.92 Å². The topological polar surface area (TPSA) is 89.5 Å². The maximum Gasteiger partial charge on any atom is 0.302 e. The average Bonchev–Trinajstić information content (AvgIpc) is 3.10. The second-order valence-corrected chi connectivity index (χ2v) is 13.3. The van der Waals surface area contributed by atoms with Crippen LogP contribution in [0.25, 0.3) is 0 Å². The summed E-state index contributed by atoms with van der Waals surface area (Å²) in [6.07, 6.45) is 10.1. The van der Waals surface area contributed by atoms with Crippen molar-refractivity contribution in [2.75, 3.05) is 6.54 Å². The lowest BCUT2D eigenvalue weighted by atomic mass is 9.47. The fraction of sp³-hybridized carbons (Fsp3) is 0.806. The van der Waals surface area contributed by atoms with E-state index in [0.717, 1.165) is 44.9 Å². The number of hydrogen-bond acceptors (Lipinski definition) is 5. The Morgan fingerprint density at radius 2 is 1.81 bits per heavy atom. The van der Waals surface area contributed by atoms with E-state index in [9.17, 15) is 19.2 Å². The molecule has 0 aliphatic heterocycles. The number of allylic oxidation sites excluding steroid dienone is 1. The van der Waals surface area contributed by atoms with Gasteiger partial charge in [-0.15, -0.1) is 0 Å². The van der Waals surface area contributed by atoms with Crippen LogP contribution in [0.2, 0.25) is 0 Å². The van der Waals surface area contributed by atoms with Gasteiger partial charge in [-0.25, -0.2) is 0 Å². The molecule has 4 aliphatic rings. The maximum atomic E-state index is 13.5. The third-order valence-corrected chi connectivity index (χ3v) is 10.9. The van der Waals surface area contributed by atoms with Gasteiger partial charge in [0.05, 0.1) is 0 Å². The molecule has 0 spiro atoms. The summed E-state index contributed by atoms with van der Waals surface area (Å²) in [6, 6.07) is 0. The van der Waals surface area contributed by atoms with Crippen molar-refractivity contribution < 1.29 is 23.9 Å². The van der Waals surface area contributed by atoms with Crippen LogP contribution < -0.4 is 5.32 Å². The summed E-state index contributed by atoms with van der Waals surface area (Å²) in [5, 5.41) is 2.83. The second-order valence-electron chi connectivity index (χ2n) is 13.3. The number of ketones is 2. The first kappa shape index (κ1) is 28.0. The highest BCUT2D eigenvalue weighted by Gasteiger charge is 2.62. The van der Waals surface area contributed by atoms with Crippen LogP contribution in [0.1, 0.15) is 99.3 Å². The van der Waals surface area contributed by atoms with Crippen LogP contribution in [0.5, 0.6) is 0 Å². The van der Waals surface area contributed by atoms with E-state index < -0.39 is 0 Å². The molecule has 3 saturated carbocycles. The number of ether oxygens (including phenoxy) is 1. The molecule has 4 aliphatic carbocycles. The average molecular weight is 514 g/mol. The van der Waals surface area contributed by atoms with Gasteiger partial charge in [-0.3, -0.25) is 19.2 Å². The van der Waals surface area contributed by atoms with Gasteiger partial charge in [-0.05, 0) is 73.0 Å². The summed E-state index contributed by atoms with van der Waals surface area (Å²) < 4.78 is 5.57. The number of nitrogens with one attached hydrogen (secondary N) is 1. The normalized spacial score (nSPS) is 38.4. The van der Waals surface area contributed by atoms with E-state index in [1.165, 1.54) is 19.4 Å². The molecule has 5 unspecified atom stereocenters. The van der Waals surface area contributed by atoms with Gasteiger partial charge in [0.15, 0.2) is 0 Å². The molecule has 0 heterocycles. The van der Waals surface area contributed by atoms with Crippen molar-refractivity contribution in [2.45, 2.75) is 105 Å². The first-order valence-electron chi connectivity index (χ1n) is 14.5. The van der Waals surface area contributed by atoms with Crippen LogP contribution in [0.3, 0.4) is 0 Å². The zero-order chi connectivity index (χ0) is 27.1. The number of carbonyl (C=O) groups is 4. The van der Waals surface area contributed by atoms with Crippen molar-refractivity contribution in [1.29, 1.82) is 0 Å². The standard InChI is InChI=1S/C31H47NO5/c1-18(17-32-20(3)33)7-10-27(35)19(2)29-28(36)16-26-24-9-8-22-15-23(37-21(4)34)11-13-30(22,5)25(24)12-14-31(26,29)6/h8,18-19,23-26,29H,7,9-17H2,1-6H3,(H,32,33)/t18?,19-,23?,24?,25?,26?,29+,30+,31+/m1/s1. The Bertz CT molecular complexity index is 971. The number of hydrogen-bond donors (Lipinski definition) is 1. The first-order valence-corrected chi connectivity index (χ1v) is 14.5. The van der Waals surface area contributed by atoms with E-state index in [2.05, 4.69) is 32.2 Å². The molecule has 0 aromatic carbocycles. The monoisotopic (exact) mass is 513 g/mol. The summed E-state index contributed by atoms with van der Waals surface area (Å²) in [4.78, 5) is 49.5. The molecule has 4 rings (SSSR count). The van der Waals surface area contributed by atoms with Crippen LogP contribution in [0.15, 0.2) is 11.6 Å². The van der Waals surface area contributed by atoms with E-state index in [-0.39, 0.29) is 52.3 Å². The minimum Gasteiger partial charge on any atom is -0.462 e. The van der Waals surface area contributed by atoms with Gasteiger partial charge >= 0.3 is 5.97 Å². The molecule has 1 amide bonds. The van der Waals surface area contributed by atoms with Crippen molar-refractivity contribution in [2.24, 2.45) is 46.3 Å². The van der Waals surface area contributed by atoms with Crippen molar-refractivity contribution in [3.8, 4) is 0 Å². The highest BCUT2D eigenvalue weighted by Crippen LogP contribution is 2.66. The molecule has 6 heteroatoms. The number of carbonyl (C=O) groups excluding carboxylic acids is 4. The highest BCUT2D eigenvalue weighted by atomic mass is 16.5. The number of amides is 1. The van der Waals surface area contributed by atoms with Gasteiger partial charge < -0.3 is 10.1 Å².